The number of aromatic nitrogens is 1. The van der Waals surface area contributed by atoms with Crippen molar-refractivity contribution in [3.63, 3.8) is 0 Å². The van der Waals surface area contributed by atoms with Gasteiger partial charge in [0.25, 0.3) is 5.69 Å². The van der Waals surface area contributed by atoms with E-state index in [9.17, 15) is 10.1 Å². The molecule has 2 aromatic rings. The fourth-order valence-corrected chi connectivity index (χ4v) is 1.82. The summed E-state index contributed by atoms with van der Waals surface area (Å²) in [6, 6.07) is 7.80. The number of nitro benzene ring substituents is 1. The van der Waals surface area contributed by atoms with Gasteiger partial charge in [-0.05, 0) is 24.3 Å². The molecule has 0 fully saturated rings. The molecule has 2 N–H and O–H groups in total. The van der Waals surface area contributed by atoms with Crippen molar-refractivity contribution >= 4 is 17.3 Å². The van der Waals surface area contributed by atoms with E-state index >= 15 is 0 Å². The number of halogens is 1. The molecule has 6 nitrogen and oxygen atoms in total. The van der Waals surface area contributed by atoms with Gasteiger partial charge in [0.2, 0.25) is 0 Å². The minimum absolute atomic E-state index is 0.0269. The Labute approximate surface area is 120 Å². The molecule has 0 bridgehead atoms. The van der Waals surface area contributed by atoms with E-state index in [2.05, 4.69) is 4.98 Å². The first kappa shape index (κ1) is 14.2. The average Bonchev–Trinajstić information content (AvgIpc) is 2.45. The molecule has 0 saturated heterocycles. The molecule has 20 heavy (non-hydrogen) atoms. The molecule has 0 spiro atoms. The van der Waals surface area contributed by atoms with E-state index in [1.54, 1.807) is 12.1 Å². The van der Waals surface area contributed by atoms with Crippen LogP contribution in [0.25, 0.3) is 0 Å². The largest absolute Gasteiger partial charge is 0.487 e. The van der Waals surface area contributed by atoms with Crippen LogP contribution in [0.5, 0.6) is 5.75 Å². The number of nitro groups is 1. The first-order valence-corrected chi connectivity index (χ1v) is 6.18. The molecular weight excluding hydrogens is 282 g/mol. The molecule has 0 aliphatic heterocycles. The lowest BCUT2D eigenvalue weighted by Gasteiger charge is -2.07. The zero-order valence-electron chi connectivity index (χ0n) is 10.5. The molecule has 2 rings (SSSR count). The summed E-state index contributed by atoms with van der Waals surface area (Å²) >= 11 is 5.84. The Morgan fingerprint density at radius 2 is 2.15 bits per heavy atom. The molecule has 0 amide bonds. The summed E-state index contributed by atoms with van der Waals surface area (Å²) in [6.45, 7) is 0.389. The Morgan fingerprint density at radius 1 is 1.35 bits per heavy atom. The van der Waals surface area contributed by atoms with Gasteiger partial charge in [0, 0.05) is 17.6 Å². The van der Waals surface area contributed by atoms with Gasteiger partial charge >= 0.3 is 0 Å². The van der Waals surface area contributed by atoms with E-state index < -0.39 is 4.92 Å². The maximum Gasteiger partial charge on any atom is 0.276 e. The summed E-state index contributed by atoms with van der Waals surface area (Å²) in [5, 5.41) is 11.3. The molecule has 7 heteroatoms. The summed E-state index contributed by atoms with van der Waals surface area (Å²) < 4.78 is 5.47. The molecule has 0 radical (unpaired) electrons. The highest BCUT2D eigenvalue weighted by atomic mass is 35.5. The second kappa shape index (κ2) is 6.31. The predicted molar refractivity (Wildman–Crippen MR) is 74.6 cm³/mol. The van der Waals surface area contributed by atoms with Crippen LogP contribution < -0.4 is 10.5 Å². The zero-order chi connectivity index (χ0) is 14.5. The lowest BCUT2D eigenvalue weighted by molar-refractivity contribution is -0.385. The van der Waals surface area contributed by atoms with E-state index in [0.717, 1.165) is 5.69 Å². The summed E-state index contributed by atoms with van der Waals surface area (Å²) in [6.07, 6.45) is 1.53. The van der Waals surface area contributed by atoms with Gasteiger partial charge in [-0.3, -0.25) is 15.1 Å². The van der Waals surface area contributed by atoms with E-state index in [4.69, 9.17) is 22.1 Å². The number of nitrogens with zero attached hydrogens (tertiary/aromatic N) is 2. The van der Waals surface area contributed by atoms with Gasteiger partial charge in [0.1, 0.15) is 12.4 Å². The number of nitrogens with two attached hydrogens (primary N) is 1. The fourth-order valence-electron chi connectivity index (χ4n) is 1.63. The molecule has 1 aromatic heterocycles. The highest BCUT2D eigenvalue weighted by Gasteiger charge is 2.14. The van der Waals surface area contributed by atoms with Gasteiger partial charge in [-0.1, -0.05) is 11.6 Å². The molecule has 104 valence electrons. The molecule has 0 aliphatic rings. The molecule has 1 aromatic carbocycles. The van der Waals surface area contributed by atoms with Gasteiger partial charge < -0.3 is 10.5 Å². The Bertz CT molecular complexity index is 617. The number of pyridine rings is 1. The van der Waals surface area contributed by atoms with Crippen LogP contribution in [-0.2, 0) is 13.2 Å². The van der Waals surface area contributed by atoms with Crippen LogP contribution in [-0.4, -0.2) is 9.91 Å². The molecule has 0 saturated carbocycles. The van der Waals surface area contributed by atoms with Gasteiger partial charge in [-0.2, -0.15) is 0 Å². The Kier molecular flexibility index (Phi) is 4.49. The van der Waals surface area contributed by atoms with Crippen molar-refractivity contribution < 1.29 is 9.66 Å². The van der Waals surface area contributed by atoms with Crippen LogP contribution in [0, 0.1) is 10.1 Å². The van der Waals surface area contributed by atoms with Crippen molar-refractivity contribution in [1.82, 2.24) is 4.98 Å². The number of rotatable bonds is 5. The molecule has 0 atom stereocenters. The SMILES string of the molecule is NCc1ccc(OCc2cc(Cl)ccc2[N+](=O)[O-])cn1. The van der Waals surface area contributed by atoms with Crippen LogP contribution >= 0.6 is 11.6 Å². The summed E-state index contributed by atoms with van der Waals surface area (Å²) in [4.78, 5) is 14.5. The van der Waals surface area contributed by atoms with Crippen molar-refractivity contribution in [2.24, 2.45) is 5.73 Å². The lowest BCUT2D eigenvalue weighted by Crippen LogP contribution is -2.02. The number of hydrogen-bond acceptors (Lipinski definition) is 5. The first-order chi connectivity index (χ1) is 9.60. The average molecular weight is 294 g/mol. The number of hydrogen-bond donors (Lipinski definition) is 1. The smallest absolute Gasteiger partial charge is 0.276 e. The fraction of sp³-hybridized carbons (Fsp3) is 0.154. The van der Waals surface area contributed by atoms with Crippen LogP contribution in [0.1, 0.15) is 11.3 Å². The van der Waals surface area contributed by atoms with E-state index in [1.807, 2.05) is 0 Å². The van der Waals surface area contributed by atoms with E-state index in [1.165, 1.54) is 24.4 Å². The highest BCUT2D eigenvalue weighted by Crippen LogP contribution is 2.24. The second-order valence-corrected chi connectivity index (χ2v) is 4.44. The molecule has 0 aliphatic carbocycles. The molecule has 0 unspecified atom stereocenters. The third kappa shape index (κ3) is 3.43. The molecule has 1 heterocycles. The third-order valence-electron chi connectivity index (χ3n) is 2.64. The van der Waals surface area contributed by atoms with Crippen molar-refractivity contribution in [3.8, 4) is 5.75 Å². The number of ether oxygens (including phenoxy) is 1. The first-order valence-electron chi connectivity index (χ1n) is 5.81. The topological polar surface area (TPSA) is 91.3 Å². The predicted octanol–water partition coefficient (Wildman–Crippen LogP) is 2.68. The summed E-state index contributed by atoms with van der Waals surface area (Å²) in [5.41, 5.74) is 6.56. The van der Waals surface area contributed by atoms with E-state index in [0.29, 0.717) is 22.9 Å². The minimum Gasteiger partial charge on any atom is -0.487 e. The number of benzene rings is 1. The standard InChI is InChI=1S/C13H12ClN3O3/c14-10-1-4-13(17(18)19)9(5-10)8-20-12-3-2-11(6-15)16-7-12/h1-5,7H,6,8,15H2. The maximum atomic E-state index is 10.9. The van der Waals surface area contributed by atoms with Gasteiger partial charge in [0.05, 0.1) is 22.4 Å². The highest BCUT2D eigenvalue weighted by molar-refractivity contribution is 6.30. The third-order valence-corrected chi connectivity index (χ3v) is 2.87. The van der Waals surface area contributed by atoms with Gasteiger partial charge in [-0.25, -0.2) is 0 Å². The Balaban J connectivity index is 2.13. The summed E-state index contributed by atoms with van der Waals surface area (Å²) in [5.74, 6) is 0.511. The van der Waals surface area contributed by atoms with Crippen molar-refractivity contribution in [2.75, 3.05) is 0 Å². The Hall–Kier alpha value is -2.18. The van der Waals surface area contributed by atoms with Crippen LogP contribution in [0.4, 0.5) is 5.69 Å². The Morgan fingerprint density at radius 3 is 2.75 bits per heavy atom. The monoisotopic (exact) mass is 293 g/mol. The lowest BCUT2D eigenvalue weighted by atomic mass is 10.2. The maximum absolute atomic E-state index is 10.9. The minimum atomic E-state index is -0.467. The van der Waals surface area contributed by atoms with Crippen LogP contribution in [0.15, 0.2) is 36.5 Å². The van der Waals surface area contributed by atoms with Crippen LogP contribution in [0.3, 0.4) is 0 Å². The van der Waals surface area contributed by atoms with Crippen molar-refractivity contribution in [2.45, 2.75) is 13.2 Å². The normalized spacial score (nSPS) is 10.3. The van der Waals surface area contributed by atoms with Crippen molar-refractivity contribution in [3.05, 3.63) is 62.9 Å². The molecular formula is C13H12ClN3O3. The van der Waals surface area contributed by atoms with Gasteiger partial charge in [-0.15, -0.1) is 0 Å². The summed E-state index contributed by atoms with van der Waals surface area (Å²) in [7, 11) is 0. The van der Waals surface area contributed by atoms with E-state index in [-0.39, 0.29) is 12.3 Å². The second-order valence-electron chi connectivity index (χ2n) is 4.01. The zero-order valence-corrected chi connectivity index (χ0v) is 11.2. The van der Waals surface area contributed by atoms with Gasteiger partial charge in [0.15, 0.2) is 0 Å². The van der Waals surface area contributed by atoms with Crippen molar-refractivity contribution in [1.29, 1.82) is 0 Å². The van der Waals surface area contributed by atoms with Crippen LogP contribution in [0.2, 0.25) is 5.02 Å². The quantitative estimate of drug-likeness (QED) is 0.676.